The van der Waals surface area contributed by atoms with Crippen molar-refractivity contribution in [3.8, 4) is 39.9 Å². The third kappa shape index (κ3) is 5.41. The number of pyridine rings is 2. The Hall–Kier alpha value is -5.72. The molecule has 5 heterocycles. The average Bonchev–Trinajstić information content (AvgIpc) is 3.79. The van der Waals surface area contributed by atoms with Gasteiger partial charge in [-0.15, -0.1) is 0 Å². The number of benzene rings is 2. The number of aliphatic hydroxyl groups excluding tert-OH is 1. The fourth-order valence-electron chi connectivity index (χ4n) is 10.8. The molecule has 2 aliphatic heterocycles. The number of ether oxygens (including phenoxy) is 4. The number of fused-ring (bicyclic) bond motifs is 1. The summed E-state index contributed by atoms with van der Waals surface area (Å²) in [5.41, 5.74) is 9.06. The summed E-state index contributed by atoms with van der Waals surface area (Å²) in [7, 11) is 6.91. The monoisotopic (exact) mass is 786 g/mol. The number of amides is 1. The first-order chi connectivity index (χ1) is 27.8. The van der Waals surface area contributed by atoms with Crippen LogP contribution in [0.25, 0.3) is 16.6 Å². The third-order valence-corrected chi connectivity index (χ3v) is 13.5. The van der Waals surface area contributed by atoms with Crippen LogP contribution in [0.1, 0.15) is 74.4 Å². The molecule has 12 heteroatoms. The Bertz CT molecular complexity index is 2600. The smallest absolute Gasteiger partial charge is 0.253 e. The number of piperidine rings is 1. The molecule has 0 saturated carbocycles. The van der Waals surface area contributed by atoms with Crippen LogP contribution in [-0.4, -0.2) is 83.6 Å². The number of carbonyl (C=O) groups is 1. The van der Waals surface area contributed by atoms with Crippen molar-refractivity contribution in [2.24, 2.45) is 5.92 Å². The lowest BCUT2D eigenvalue weighted by atomic mass is 9.52. The van der Waals surface area contributed by atoms with E-state index in [1.54, 1.807) is 21.3 Å². The largest absolute Gasteiger partial charge is 0.504 e. The van der Waals surface area contributed by atoms with Crippen LogP contribution >= 0.6 is 0 Å². The quantitative estimate of drug-likeness (QED) is 0.136. The number of H-pyrrole nitrogens is 1. The Morgan fingerprint density at radius 2 is 1.78 bits per heavy atom. The molecule has 1 amide bonds. The number of phenolic OH excluding ortho intramolecular Hbond substituents is 1. The number of hydrogen-bond donors (Lipinski definition) is 4. The molecule has 1 unspecified atom stereocenters. The molecule has 9 rings (SSSR count). The van der Waals surface area contributed by atoms with Crippen molar-refractivity contribution < 1.29 is 34.0 Å². The second-order valence-electron chi connectivity index (χ2n) is 16.5. The van der Waals surface area contributed by atoms with Gasteiger partial charge in [0.05, 0.1) is 21.3 Å². The third-order valence-electron chi connectivity index (χ3n) is 13.5. The maximum atomic E-state index is 14.3. The number of aliphatic hydroxyl groups is 1. The Morgan fingerprint density at radius 3 is 2.47 bits per heavy atom. The Morgan fingerprint density at radius 1 is 1.03 bits per heavy atom. The predicted octanol–water partition coefficient (Wildman–Crippen LogP) is 5.84. The topological polar surface area (TPSA) is 147 Å². The summed E-state index contributed by atoms with van der Waals surface area (Å²) in [4.78, 5) is 32.5. The number of nitrogens with one attached hydrogen (secondary N) is 2. The van der Waals surface area contributed by atoms with Crippen molar-refractivity contribution in [1.29, 1.82) is 0 Å². The summed E-state index contributed by atoms with van der Waals surface area (Å²) in [6, 6.07) is 11.6. The van der Waals surface area contributed by atoms with E-state index in [0.717, 1.165) is 75.2 Å². The van der Waals surface area contributed by atoms with Crippen LogP contribution in [0.5, 0.6) is 28.7 Å². The van der Waals surface area contributed by atoms with Crippen LogP contribution in [0.2, 0.25) is 0 Å². The maximum Gasteiger partial charge on any atom is 0.253 e. The summed E-state index contributed by atoms with van der Waals surface area (Å²) >= 11 is 0. The molecule has 2 aromatic carbocycles. The lowest BCUT2D eigenvalue weighted by Gasteiger charge is -2.56. The van der Waals surface area contributed by atoms with Crippen LogP contribution in [0.3, 0.4) is 0 Å². The first-order valence-corrected chi connectivity index (χ1v) is 19.9. The number of aryl methyl sites for hydroxylation is 2. The van der Waals surface area contributed by atoms with Gasteiger partial charge in [0.25, 0.3) is 11.5 Å². The van der Waals surface area contributed by atoms with Crippen LogP contribution in [0, 0.1) is 26.7 Å². The number of rotatable bonds is 9. The minimum Gasteiger partial charge on any atom is -0.504 e. The Balaban J connectivity index is 1.23. The maximum absolute atomic E-state index is 14.3. The fourth-order valence-corrected chi connectivity index (χ4v) is 10.8. The van der Waals surface area contributed by atoms with E-state index in [1.807, 2.05) is 63.2 Å². The molecule has 302 valence electrons. The molecule has 2 aliphatic carbocycles. The molecule has 6 atom stereocenters. The van der Waals surface area contributed by atoms with Crippen LogP contribution < -0.4 is 29.8 Å². The zero-order valence-corrected chi connectivity index (χ0v) is 34.1. The van der Waals surface area contributed by atoms with Crippen molar-refractivity contribution in [2.45, 2.75) is 76.7 Å². The van der Waals surface area contributed by atoms with E-state index in [0.29, 0.717) is 34.1 Å². The van der Waals surface area contributed by atoms with Crippen molar-refractivity contribution in [2.75, 3.05) is 34.9 Å². The van der Waals surface area contributed by atoms with Crippen molar-refractivity contribution >= 4 is 11.4 Å². The molecule has 1 fully saturated rings. The van der Waals surface area contributed by atoms with Crippen molar-refractivity contribution in [3.63, 3.8) is 0 Å². The highest BCUT2D eigenvalue weighted by Gasteiger charge is 2.64. The van der Waals surface area contributed by atoms with Gasteiger partial charge >= 0.3 is 0 Å². The van der Waals surface area contributed by atoms with Gasteiger partial charge in [-0.3, -0.25) is 9.59 Å². The fraction of sp³-hybridized carbons (Fsp3) is 0.391. The van der Waals surface area contributed by atoms with Gasteiger partial charge in [-0.1, -0.05) is 19.1 Å². The van der Waals surface area contributed by atoms with E-state index in [1.165, 1.54) is 0 Å². The van der Waals surface area contributed by atoms with E-state index in [-0.39, 0.29) is 41.6 Å². The van der Waals surface area contributed by atoms with Crippen LogP contribution in [-0.2, 0) is 18.4 Å². The zero-order chi connectivity index (χ0) is 40.9. The van der Waals surface area contributed by atoms with Gasteiger partial charge in [-0.05, 0) is 111 Å². The molecular weight excluding hydrogens is 737 g/mol. The number of aromatic hydroxyl groups is 1. The standard InChI is InChI=1S/C46H50N4O8/c1-22-13-23(2)48-45(54)32(22)20-47-44(53)30-17-28-14-27(26-15-37(55-6)42(57-8)38(16-26)56-7)21-50(28)40(25(30)4)24(3)29-19-36(52)41-39-31(29)18-34-33-9-10-35(51)43(58-41)46(33,39)11-12-49(34)5/h9-10,13-17,19,21,24,33-35,43,51-52H,11-12,18,20H2,1-8H3,(H,47,53)(H,48,54)/t24?,33-,34+,35-,43-,46-/m0/s1. The number of aromatic nitrogens is 2. The second kappa shape index (κ2) is 13.7. The van der Waals surface area contributed by atoms with Crippen molar-refractivity contribution in [1.82, 2.24) is 19.6 Å². The van der Waals surface area contributed by atoms with E-state index in [9.17, 15) is 19.8 Å². The van der Waals surface area contributed by atoms with Gasteiger partial charge in [0.2, 0.25) is 5.75 Å². The van der Waals surface area contributed by atoms with Gasteiger partial charge in [0.1, 0.15) is 12.2 Å². The Labute approximate surface area is 337 Å². The lowest BCUT2D eigenvalue weighted by Crippen LogP contribution is -2.64. The molecule has 12 nitrogen and oxygen atoms in total. The number of phenols is 1. The normalized spacial score (nSPS) is 23.3. The van der Waals surface area contributed by atoms with E-state index in [2.05, 4.69) is 45.8 Å². The first kappa shape index (κ1) is 37.8. The summed E-state index contributed by atoms with van der Waals surface area (Å²) in [5, 5.41) is 26.2. The number of methoxy groups -OCH3 is 3. The molecule has 1 spiro atoms. The SMILES string of the molecule is COc1cc(-c2cc3cc(C(=O)NCc4c(C)cc(C)[nH]c4=O)c(C)c(C(C)c4cc(O)c5c6c4C[C@@H]4[C@@H]7C=C[C@H](O)[C@H](O5)[C@]67CCN4C)n3c2)cc(OC)c1OC. The molecule has 5 aromatic rings. The molecule has 2 bridgehead atoms. The molecule has 58 heavy (non-hydrogen) atoms. The number of aromatic amines is 1. The highest BCUT2D eigenvalue weighted by atomic mass is 16.5. The summed E-state index contributed by atoms with van der Waals surface area (Å²) < 4.78 is 25.7. The van der Waals surface area contributed by atoms with Gasteiger partial charge < -0.3 is 48.8 Å². The lowest BCUT2D eigenvalue weighted by molar-refractivity contribution is -0.0454. The minimum atomic E-state index is -0.788. The highest BCUT2D eigenvalue weighted by Crippen LogP contribution is 2.63. The predicted molar refractivity (Wildman–Crippen MR) is 220 cm³/mol. The van der Waals surface area contributed by atoms with Gasteiger partial charge in [-0.25, -0.2) is 0 Å². The zero-order valence-electron chi connectivity index (χ0n) is 34.1. The molecular formula is C46H50N4O8. The Kier molecular flexibility index (Phi) is 8.94. The summed E-state index contributed by atoms with van der Waals surface area (Å²) in [6.45, 7) is 8.72. The van der Waals surface area contributed by atoms with Gasteiger partial charge in [-0.2, -0.15) is 0 Å². The van der Waals surface area contributed by atoms with Crippen LogP contribution in [0.4, 0.5) is 0 Å². The molecule has 4 aliphatic rings. The van der Waals surface area contributed by atoms with Crippen molar-refractivity contribution in [3.05, 3.63) is 115 Å². The second-order valence-corrected chi connectivity index (χ2v) is 16.5. The highest BCUT2D eigenvalue weighted by molar-refractivity contribution is 5.97. The van der Waals surface area contributed by atoms with Gasteiger partial charge in [0.15, 0.2) is 23.0 Å². The molecule has 0 radical (unpaired) electrons. The number of likely N-dealkylation sites (tertiary alicyclic amines) is 1. The first-order valence-electron chi connectivity index (χ1n) is 19.9. The van der Waals surface area contributed by atoms with Crippen LogP contribution in [0.15, 0.2) is 59.5 Å². The number of hydrogen-bond acceptors (Lipinski definition) is 9. The molecule has 1 saturated heterocycles. The number of likely N-dealkylation sites (N-methyl/N-ethyl adjacent to an activating group) is 1. The molecule has 4 N–H and O–H groups in total. The number of carbonyl (C=O) groups excluding carboxylic acids is 1. The van der Waals surface area contributed by atoms with E-state index < -0.39 is 17.6 Å². The van der Waals surface area contributed by atoms with E-state index in [4.69, 9.17) is 18.9 Å². The number of nitrogens with zero attached hydrogens (tertiary/aromatic N) is 2. The average molecular weight is 787 g/mol. The minimum absolute atomic E-state index is 0.0554. The summed E-state index contributed by atoms with van der Waals surface area (Å²) in [6.07, 6.45) is 6.36. The molecule has 3 aromatic heterocycles. The summed E-state index contributed by atoms with van der Waals surface area (Å²) in [5.74, 6) is 1.57. The van der Waals surface area contributed by atoms with Gasteiger partial charge in [0, 0.05) is 75.2 Å². The van der Waals surface area contributed by atoms with E-state index >= 15 is 0 Å².